The molecule has 0 saturated carbocycles. The van der Waals surface area contributed by atoms with Gasteiger partial charge in [-0.1, -0.05) is 194 Å². The molecule has 0 spiro atoms. The fraction of sp³-hybridized carbons (Fsp3) is 1.00. The van der Waals surface area contributed by atoms with E-state index in [-0.39, 0.29) is 26.1 Å². The van der Waals surface area contributed by atoms with Gasteiger partial charge in [0.15, 0.2) is 0 Å². The summed E-state index contributed by atoms with van der Waals surface area (Å²) in [6.07, 6.45) is 33.7. The summed E-state index contributed by atoms with van der Waals surface area (Å²) in [4.78, 5) is 0. The van der Waals surface area contributed by atoms with E-state index in [1.165, 1.54) is 141 Å². The Morgan fingerprint density at radius 2 is 0.588 bits per heavy atom. The van der Waals surface area contributed by atoms with Crippen molar-refractivity contribution in [3.05, 3.63) is 0 Å². The summed E-state index contributed by atoms with van der Waals surface area (Å²) >= 11 is 0. The average molecular weight is 735 g/mol. The molecule has 0 heterocycles. The van der Waals surface area contributed by atoms with Crippen LogP contribution in [0.25, 0.3) is 0 Å². The van der Waals surface area contributed by atoms with E-state index in [4.69, 9.17) is 14.2 Å². The Labute approximate surface area is 314 Å². The van der Waals surface area contributed by atoms with Crippen LogP contribution in [0.4, 0.5) is 0 Å². The van der Waals surface area contributed by atoms with Crippen molar-refractivity contribution < 1.29 is 44.8 Å². The molecule has 0 aliphatic heterocycles. The first-order chi connectivity index (χ1) is 24.7. The van der Waals surface area contributed by atoms with E-state index < -0.39 is 37.4 Å². The molecule has 6 N–H and O–H groups in total. The first-order valence-electron chi connectivity index (χ1n) is 21.7. The first kappa shape index (κ1) is 50.6. The molecule has 0 aliphatic rings. The van der Waals surface area contributed by atoms with Gasteiger partial charge in [0.25, 0.3) is 11.9 Å². The number of aliphatic hydroxyl groups is 6. The molecular weight excluding hydrogens is 648 g/mol. The molecule has 0 bridgehead atoms. The van der Waals surface area contributed by atoms with Crippen LogP contribution in [0.3, 0.4) is 0 Å². The highest BCUT2D eigenvalue weighted by Crippen LogP contribution is 2.30. The third-order valence-corrected chi connectivity index (χ3v) is 9.94. The molecule has 0 aromatic carbocycles. The average Bonchev–Trinajstić information content (AvgIpc) is 3.12. The van der Waals surface area contributed by atoms with Crippen molar-refractivity contribution in [2.45, 2.75) is 243 Å². The molecule has 9 heteroatoms. The second-order valence-electron chi connectivity index (χ2n) is 15.2. The third kappa shape index (κ3) is 33.9. The van der Waals surface area contributed by atoms with Crippen molar-refractivity contribution in [3.63, 3.8) is 0 Å². The number of ether oxygens (including phenoxy) is 3. The summed E-state index contributed by atoms with van der Waals surface area (Å²) in [5.74, 6) is -4.53. The summed E-state index contributed by atoms with van der Waals surface area (Å²) in [6, 6.07) is 0. The maximum Gasteiger partial charge on any atom is 0.284 e. The molecule has 0 radical (unpaired) electrons. The highest BCUT2D eigenvalue weighted by atomic mass is 16.9. The molecule has 0 amide bonds. The predicted octanol–water partition coefficient (Wildman–Crippen LogP) is 9.56. The van der Waals surface area contributed by atoms with Crippen molar-refractivity contribution in [3.8, 4) is 0 Å². The van der Waals surface area contributed by atoms with Gasteiger partial charge in [-0.15, -0.1) is 0 Å². The van der Waals surface area contributed by atoms with Crippen LogP contribution in [-0.4, -0.2) is 81.2 Å². The van der Waals surface area contributed by atoms with Crippen molar-refractivity contribution in [1.29, 1.82) is 0 Å². The Balaban J connectivity index is 4.58. The van der Waals surface area contributed by atoms with E-state index in [0.29, 0.717) is 12.8 Å². The zero-order valence-corrected chi connectivity index (χ0v) is 33.5. The van der Waals surface area contributed by atoms with Gasteiger partial charge in [0, 0.05) is 12.8 Å². The van der Waals surface area contributed by atoms with Gasteiger partial charge in [-0.3, -0.25) is 4.74 Å². The molecule has 0 rings (SSSR count). The maximum atomic E-state index is 11.4. The van der Waals surface area contributed by atoms with Crippen LogP contribution >= 0.6 is 0 Å². The summed E-state index contributed by atoms with van der Waals surface area (Å²) in [5.41, 5.74) is 0. The van der Waals surface area contributed by atoms with Gasteiger partial charge in [-0.2, -0.15) is 0 Å². The Kier molecular flexibility index (Phi) is 36.3. The molecule has 0 aromatic heterocycles. The number of rotatable bonds is 42. The lowest BCUT2D eigenvalue weighted by atomic mass is 10.0. The summed E-state index contributed by atoms with van der Waals surface area (Å²) in [7, 11) is 0. The zero-order chi connectivity index (χ0) is 37.7. The van der Waals surface area contributed by atoms with Crippen molar-refractivity contribution in [2.75, 3.05) is 26.4 Å². The second kappa shape index (κ2) is 36.6. The van der Waals surface area contributed by atoms with E-state index in [0.717, 1.165) is 38.5 Å². The van der Waals surface area contributed by atoms with Crippen LogP contribution in [0.15, 0.2) is 0 Å². The molecule has 0 aliphatic carbocycles. The van der Waals surface area contributed by atoms with Crippen LogP contribution in [0.5, 0.6) is 0 Å². The summed E-state index contributed by atoms with van der Waals surface area (Å²) in [5, 5.41) is 61.0. The van der Waals surface area contributed by atoms with Crippen molar-refractivity contribution in [2.24, 2.45) is 0 Å². The fourth-order valence-electron chi connectivity index (χ4n) is 6.55. The molecule has 4 atom stereocenters. The van der Waals surface area contributed by atoms with Crippen LogP contribution in [0, 0.1) is 0 Å². The number of aliphatic hydroxyl groups excluding tert-OH is 4. The minimum atomic E-state index is -2.26. The fourth-order valence-corrected chi connectivity index (χ4v) is 6.55. The Morgan fingerprint density at radius 3 is 0.804 bits per heavy atom. The minimum Gasteiger partial charge on any atom is -0.394 e. The van der Waals surface area contributed by atoms with Crippen LogP contribution in [0.2, 0.25) is 0 Å². The molecule has 0 aromatic rings. The van der Waals surface area contributed by atoms with Crippen LogP contribution < -0.4 is 0 Å². The van der Waals surface area contributed by atoms with Gasteiger partial charge in [-0.25, -0.2) is 0 Å². The van der Waals surface area contributed by atoms with Gasteiger partial charge in [0.05, 0.1) is 26.4 Å². The summed E-state index contributed by atoms with van der Waals surface area (Å²) < 4.78 is 16.8. The molecule has 4 unspecified atom stereocenters. The number of hydrogen-bond donors (Lipinski definition) is 6. The molecule has 9 nitrogen and oxygen atoms in total. The highest BCUT2D eigenvalue weighted by Gasteiger charge is 2.42. The minimum absolute atomic E-state index is 0.0382. The Bertz CT molecular complexity index is 643. The first-order valence-corrected chi connectivity index (χ1v) is 21.7. The summed E-state index contributed by atoms with van der Waals surface area (Å²) in [6.45, 7) is 2.64. The van der Waals surface area contributed by atoms with E-state index in [9.17, 15) is 30.6 Å². The number of hydrogen-bond acceptors (Lipinski definition) is 9. The highest BCUT2D eigenvalue weighted by molar-refractivity contribution is 4.67. The SMILES string of the molecule is CCCCCCCCCCCCCCCCCC(O)(OCC(O)CO)OC(O)(CCCCCCCCCCCCCCCCC)OCC(O)CO. The van der Waals surface area contributed by atoms with Gasteiger partial charge >= 0.3 is 0 Å². The predicted molar refractivity (Wildman–Crippen MR) is 208 cm³/mol. The molecule has 51 heavy (non-hydrogen) atoms. The molecule has 308 valence electrons. The Morgan fingerprint density at radius 1 is 0.373 bits per heavy atom. The van der Waals surface area contributed by atoms with Crippen LogP contribution in [0.1, 0.15) is 219 Å². The van der Waals surface area contributed by atoms with Gasteiger partial charge in [0.2, 0.25) is 0 Å². The molecule has 0 saturated heterocycles. The van der Waals surface area contributed by atoms with E-state index in [1.807, 2.05) is 0 Å². The molecule has 0 fully saturated rings. The smallest absolute Gasteiger partial charge is 0.284 e. The standard InChI is InChI=1S/C42H86O9/c1-3-5-7-9-11-13-15-17-19-21-23-25-27-29-31-33-41(47,49-37-39(45)35-43)51-42(48,50-38-40(46)36-44)34-32-30-28-26-24-22-20-18-16-14-12-10-8-6-4-2/h39-40,43-48H,3-38H2,1-2H3. The van der Waals surface area contributed by atoms with Gasteiger partial charge < -0.3 is 40.1 Å². The lowest BCUT2D eigenvalue weighted by molar-refractivity contribution is -0.493. The zero-order valence-electron chi connectivity index (χ0n) is 33.5. The third-order valence-electron chi connectivity index (χ3n) is 9.94. The largest absolute Gasteiger partial charge is 0.394 e. The van der Waals surface area contributed by atoms with E-state index >= 15 is 0 Å². The van der Waals surface area contributed by atoms with Crippen molar-refractivity contribution in [1.82, 2.24) is 0 Å². The maximum absolute atomic E-state index is 11.4. The Hall–Kier alpha value is -0.360. The second-order valence-corrected chi connectivity index (χ2v) is 15.2. The van der Waals surface area contributed by atoms with Crippen LogP contribution in [-0.2, 0) is 14.2 Å². The topological polar surface area (TPSA) is 149 Å². The monoisotopic (exact) mass is 735 g/mol. The lowest BCUT2D eigenvalue weighted by Crippen LogP contribution is -2.50. The molecular formula is C42H86O9. The quantitative estimate of drug-likeness (QED) is 0.0266. The van der Waals surface area contributed by atoms with E-state index in [2.05, 4.69) is 13.8 Å². The normalized spacial score (nSPS) is 15.5. The van der Waals surface area contributed by atoms with E-state index in [1.54, 1.807) is 0 Å². The number of unbranched alkanes of at least 4 members (excludes halogenated alkanes) is 28. The lowest BCUT2D eigenvalue weighted by Gasteiger charge is -2.37. The van der Waals surface area contributed by atoms with Gasteiger partial charge in [0.1, 0.15) is 12.2 Å². The van der Waals surface area contributed by atoms with Crippen molar-refractivity contribution >= 4 is 0 Å². The van der Waals surface area contributed by atoms with Gasteiger partial charge in [-0.05, 0) is 12.8 Å².